The Hall–Kier alpha value is -3.34. The van der Waals surface area contributed by atoms with E-state index in [4.69, 9.17) is 4.74 Å². The number of nitrogens with zero attached hydrogens (tertiary/aromatic N) is 1. The van der Waals surface area contributed by atoms with Crippen LogP contribution in [0.5, 0.6) is 5.75 Å². The summed E-state index contributed by atoms with van der Waals surface area (Å²) in [6.07, 6.45) is 0. The second kappa shape index (κ2) is 8.57. The Labute approximate surface area is 165 Å². The van der Waals surface area contributed by atoms with Gasteiger partial charge < -0.3 is 14.6 Å². The standard InChI is InChI=1S/C23H24N2O3/c1-16-21(17(2)26)13-22(19-9-5-4-6-10-19)25(16)15-23(27)24-14-18-8-7-11-20(12-18)28-3/h4-13H,14-15H2,1-3H3,(H,24,27). The third kappa shape index (κ3) is 4.31. The zero-order valence-corrected chi connectivity index (χ0v) is 16.4. The van der Waals surface area contributed by atoms with Gasteiger partial charge in [0.15, 0.2) is 5.78 Å². The maximum Gasteiger partial charge on any atom is 0.240 e. The summed E-state index contributed by atoms with van der Waals surface area (Å²) in [5.41, 5.74) is 4.23. The number of amides is 1. The topological polar surface area (TPSA) is 60.3 Å². The summed E-state index contributed by atoms with van der Waals surface area (Å²) in [6, 6.07) is 19.2. The maximum atomic E-state index is 12.6. The molecule has 0 unspecified atom stereocenters. The van der Waals surface area contributed by atoms with E-state index in [1.54, 1.807) is 14.0 Å². The lowest BCUT2D eigenvalue weighted by Gasteiger charge is -2.13. The van der Waals surface area contributed by atoms with E-state index in [-0.39, 0.29) is 18.2 Å². The minimum absolute atomic E-state index is 0.00906. The Morgan fingerprint density at radius 1 is 1.04 bits per heavy atom. The van der Waals surface area contributed by atoms with Crippen LogP contribution in [-0.4, -0.2) is 23.4 Å². The molecule has 28 heavy (non-hydrogen) atoms. The number of hydrogen-bond donors (Lipinski definition) is 1. The van der Waals surface area contributed by atoms with Crippen molar-refractivity contribution in [2.45, 2.75) is 26.9 Å². The molecule has 5 heteroatoms. The van der Waals surface area contributed by atoms with Crippen LogP contribution in [0.1, 0.15) is 28.5 Å². The van der Waals surface area contributed by atoms with Gasteiger partial charge in [0.05, 0.1) is 7.11 Å². The fourth-order valence-electron chi connectivity index (χ4n) is 3.24. The third-order valence-electron chi connectivity index (χ3n) is 4.74. The normalized spacial score (nSPS) is 10.5. The highest BCUT2D eigenvalue weighted by molar-refractivity contribution is 5.97. The summed E-state index contributed by atoms with van der Waals surface area (Å²) in [5.74, 6) is 0.629. The van der Waals surface area contributed by atoms with E-state index >= 15 is 0 Å². The van der Waals surface area contributed by atoms with E-state index in [1.165, 1.54) is 0 Å². The highest BCUT2D eigenvalue weighted by atomic mass is 16.5. The molecule has 0 atom stereocenters. The summed E-state index contributed by atoms with van der Waals surface area (Å²) in [4.78, 5) is 24.6. The second-order valence-electron chi connectivity index (χ2n) is 6.67. The zero-order valence-electron chi connectivity index (χ0n) is 16.4. The molecular formula is C23H24N2O3. The number of aromatic nitrogens is 1. The molecule has 0 saturated heterocycles. The van der Waals surface area contributed by atoms with Gasteiger partial charge in [-0.3, -0.25) is 9.59 Å². The summed E-state index contributed by atoms with van der Waals surface area (Å²) < 4.78 is 7.11. The predicted molar refractivity (Wildman–Crippen MR) is 109 cm³/mol. The molecule has 0 saturated carbocycles. The summed E-state index contributed by atoms with van der Waals surface area (Å²) in [7, 11) is 1.62. The molecule has 144 valence electrons. The molecule has 1 aromatic heterocycles. The molecule has 0 fully saturated rings. The van der Waals surface area contributed by atoms with Gasteiger partial charge in [0.1, 0.15) is 12.3 Å². The van der Waals surface area contributed by atoms with Gasteiger partial charge in [0.2, 0.25) is 5.91 Å². The van der Waals surface area contributed by atoms with Gasteiger partial charge in [-0.25, -0.2) is 0 Å². The van der Waals surface area contributed by atoms with Crippen LogP contribution in [0, 0.1) is 6.92 Å². The molecule has 1 heterocycles. The number of carbonyl (C=O) groups is 2. The largest absolute Gasteiger partial charge is 0.497 e. The van der Waals surface area contributed by atoms with Crippen molar-refractivity contribution in [3.63, 3.8) is 0 Å². The van der Waals surface area contributed by atoms with Crippen LogP contribution >= 0.6 is 0 Å². The van der Waals surface area contributed by atoms with Crippen molar-refractivity contribution in [1.82, 2.24) is 9.88 Å². The Kier molecular flexibility index (Phi) is 5.94. The second-order valence-corrected chi connectivity index (χ2v) is 6.67. The van der Waals surface area contributed by atoms with Crippen LogP contribution in [0.4, 0.5) is 0 Å². The van der Waals surface area contributed by atoms with Crippen molar-refractivity contribution in [3.05, 3.63) is 77.5 Å². The quantitative estimate of drug-likeness (QED) is 0.634. The van der Waals surface area contributed by atoms with Crippen molar-refractivity contribution < 1.29 is 14.3 Å². The van der Waals surface area contributed by atoms with Crippen molar-refractivity contribution in [1.29, 1.82) is 0 Å². The van der Waals surface area contributed by atoms with Crippen LogP contribution in [0.15, 0.2) is 60.7 Å². The molecule has 3 rings (SSSR count). The number of Topliss-reactive ketones (excluding diaryl/α,β-unsaturated/α-hetero) is 1. The number of carbonyl (C=O) groups excluding carboxylic acids is 2. The lowest BCUT2D eigenvalue weighted by molar-refractivity contribution is -0.121. The molecule has 0 radical (unpaired) electrons. The number of hydrogen-bond acceptors (Lipinski definition) is 3. The number of nitrogens with one attached hydrogen (secondary N) is 1. The first-order valence-electron chi connectivity index (χ1n) is 9.15. The van der Waals surface area contributed by atoms with Crippen molar-refractivity contribution in [3.8, 4) is 17.0 Å². The first kappa shape index (κ1) is 19.4. The van der Waals surface area contributed by atoms with E-state index in [9.17, 15) is 9.59 Å². The zero-order chi connectivity index (χ0) is 20.1. The molecule has 2 aromatic carbocycles. The van der Waals surface area contributed by atoms with Crippen LogP contribution in [0.25, 0.3) is 11.3 Å². The van der Waals surface area contributed by atoms with Crippen molar-refractivity contribution in [2.75, 3.05) is 7.11 Å². The van der Waals surface area contributed by atoms with Gasteiger partial charge in [0, 0.05) is 23.5 Å². The summed E-state index contributed by atoms with van der Waals surface area (Å²) in [5, 5.41) is 2.94. The van der Waals surface area contributed by atoms with Gasteiger partial charge >= 0.3 is 0 Å². The predicted octanol–water partition coefficient (Wildman–Crippen LogP) is 3.99. The van der Waals surface area contributed by atoms with Gasteiger partial charge in [-0.15, -0.1) is 0 Å². The Morgan fingerprint density at radius 2 is 1.79 bits per heavy atom. The molecular weight excluding hydrogens is 352 g/mol. The highest BCUT2D eigenvalue weighted by Gasteiger charge is 2.18. The van der Waals surface area contributed by atoms with Crippen molar-refractivity contribution >= 4 is 11.7 Å². The van der Waals surface area contributed by atoms with Gasteiger partial charge in [-0.1, -0.05) is 42.5 Å². The number of benzene rings is 2. The molecule has 0 spiro atoms. The molecule has 0 aliphatic heterocycles. The molecule has 0 aliphatic carbocycles. The fourth-order valence-corrected chi connectivity index (χ4v) is 3.24. The Bertz CT molecular complexity index is 990. The number of rotatable bonds is 7. The maximum absolute atomic E-state index is 12.6. The van der Waals surface area contributed by atoms with E-state index in [0.29, 0.717) is 12.1 Å². The van der Waals surface area contributed by atoms with E-state index in [0.717, 1.165) is 28.3 Å². The average Bonchev–Trinajstić information content (AvgIpc) is 3.04. The number of ketones is 1. The number of ether oxygens (including phenoxy) is 1. The lowest BCUT2D eigenvalue weighted by Crippen LogP contribution is -2.27. The number of methoxy groups -OCH3 is 1. The molecule has 1 amide bonds. The molecule has 0 bridgehead atoms. The summed E-state index contributed by atoms with van der Waals surface area (Å²) >= 11 is 0. The fraction of sp³-hybridized carbons (Fsp3) is 0.217. The minimum atomic E-state index is -0.117. The van der Waals surface area contributed by atoms with Crippen LogP contribution < -0.4 is 10.1 Å². The average molecular weight is 376 g/mol. The first-order valence-corrected chi connectivity index (χ1v) is 9.15. The molecule has 5 nitrogen and oxygen atoms in total. The van der Waals surface area contributed by atoms with E-state index in [2.05, 4.69) is 5.32 Å². The van der Waals surface area contributed by atoms with E-state index in [1.807, 2.05) is 72.2 Å². The highest BCUT2D eigenvalue weighted by Crippen LogP contribution is 2.26. The van der Waals surface area contributed by atoms with Gasteiger partial charge in [-0.05, 0) is 43.2 Å². The van der Waals surface area contributed by atoms with Crippen LogP contribution in [0.3, 0.4) is 0 Å². The molecule has 0 aliphatic rings. The third-order valence-corrected chi connectivity index (χ3v) is 4.74. The van der Waals surface area contributed by atoms with Crippen LogP contribution in [0.2, 0.25) is 0 Å². The Morgan fingerprint density at radius 3 is 2.46 bits per heavy atom. The van der Waals surface area contributed by atoms with Crippen molar-refractivity contribution in [2.24, 2.45) is 0 Å². The SMILES string of the molecule is COc1cccc(CNC(=O)Cn2c(-c3ccccc3)cc(C(C)=O)c2C)c1. The monoisotopic (exact) mass is 376 g/mol. The Balaban J connectivity index is 1.80. The van der Waals surface area contributed by atoms with Gasteiger partial charge in [0.25, 0.3) is 0 Å². The smallest absolute Gasteiger partial charge is 0.240 e. The van der Waals surface area contributed by atoms with Gasteiger partial charge in [-0.2, -0.15) is 0 Å². The molecule has 1 N–H and O–H groups in total. The minimum Gasteiger partial charge on any atom is -0.497 e. The van der Waals surface area contributed by atoms with Crippen LogP contribution in [-0.2, 0) is 17.9 Å². The lowest BCUT2D eigenvalue weighted by atomic mass is 10.1. The van der Waals surface area contributed by atoms with E-state index < -0.39 is 0 Å². The molecule has 3 aromatic rings. The first-order chi connectivity index (χ1) is 13.5. The summed E-state index contributed by atoms with van der Waals surface area (Å²) in [6.45, 7) is 3.98.